The van der Waals surface area contributed by atoms with Crippen LogP contribution in [0.5, 0.6) is 17.2 Å². The van der Waals surface area contributed by atoms with Crippen molar-refractivity contribution in [3.8, 4) is 17.2 Å². The van der Waals surface area contributed by atoms with Crippen LogP contribution in [0.25, 0.3) is 11.0 Å². The Hall–Kier alpha value is -3.80. The van der Waals surface area contributed by atoms with Gasteiger partial charge in [0.05, 0.1) is 0 Å². The van der Waals surface area contributed by atoms with Crippen LogP contribution in [0.4, 0.5) is 0 Å². The number of carbonyl (C=O) groups is 1. The molecule has 2 fully saturated rings. The largest absolute Gasteiger partial charge is 0.508 e. The first-order valence-electron chi connectivity index (χ1n) is 13.8. The molecule has 0 amide bonds. The number of Topliss-reactive ketones (excluding diaryl/α,β-unsaturated/α-hetero) is 1. The fraction of sp³-hybridized carbons (Fsp3) is 0.394. The Morgan fingerprint density at radius 2 is 1.82 bits per heavy atom. The second-order valence-corrected chi connectivity index (χ2v) is 11.7. The highest BCUT2D eigenvalue weighted by Gasteiger charge is 2.52. The van der Waals surface area contributed by atoms with E-state index in [4.69, 9.17) is 9.15 Å². The van der Waals surface area contributed by atoms with Crippen molar-refractivity contribution in [1.82, 2.24) is 0 Å². The number of phenols is 2. The molecule has 39 heavy (non-hydrogen) atoms. The van der Waals surface area contributed by atoms with Crippen molar-refractivity contribution in [2.24, 2.45) is 11.3 Å². The van der Waals surface area contributed by atoms with Crippen LogP contribution < -0.4 is 10.2 Å². The van der Waals surface area contributed by atoms with Gasteiger partial charge < -0.3 is 19.4 Å². The number of ketones is 1. The molecule has 0 spiro atoms. The minimum atomic E-state index is -0.232. The van der Waals surface area contributed by atoms with Gasteiger partial charge in [0.2, 0.25) is 0 Å². The lowest BCUT2D eigenvalue weighted by atomic mass is 9.60. The number of ether oxygens (including phenoxy) is 1. The molecule has 2 heterocycles. The molecule has 3 unspecified atom stereocenters. The average Bonchev–Trinajstić information content (AvgIpc) is 3.07. The van der Waals surface area contributed by atoms with Gasteiger partial charge in [0.1, 0.15) is 46.4 Å². The summed E-state index contributed by atoms with van der Waals surface area (Å²) in [5.74, 6) is 2.81. The van der Waals surface area contributed by atoms with E-state index in [2.05, 4.69) is 19.1 Å². The number of fused-ring (bicyclic) bond motifs is 7. The third kappa shape index (κ3) is 4.26. The minimum Gasteiger partial charge on any atom is -0.508 e. The van der Waals surface area contributed by atoms with Crippen molar-refractivity contribution >= 4 is 16.8 Å². The maximum Gasteiger partial charge on any atom is 0.196 e. The fourth-order valence-corrected chi connectivity index (χ4v) is 7.03. The molecule has 0 radical (unpaired) electrons. The lowest BCUT2D eigenvalue weighted by Gasteiger charge is -2.43. The molecule has 2 N–H and O–H groups in total. The van der Waals surface area contributed by atoms with Crippen LogP contribution >= 0.6 is 0 Å². The number of hydrogen-bond donors (Lipinski definition) is 2. The van der Waals surface area contributed by atoms with Gasteiger partial charge in [-0.05, 0) is 80.7 Å². The monoisotopic (exact) mass is 526 g/mol. The molecule has 2 saturated carbocycles. The average molecular weight is 527 g/mol. The number of aryl methyl sites for hydroxylation is 1. The Morgan fingerprint density at radius 3 is 2.64 bits per heavy atom. The Labute approximate surface area is 227 Å². The third-order valence-corrected chi connectivity index (χ3v) is 9.17. The quantitative estimate of drug-likeness (QED) is 0.328. The summed E-state index contributed by atoms with van der Waals surface area (Å²) in [7, 11) is 0. The van der Waals surface area contributed by atoms with Gasteiger partial charge in [0.25, 0.3) is 0 Å². The summed E-state index contributed by atoms with van der Waals surface area (Å²) in [5.41, 5.74) is 5.90. The van der Waals surface area contributed by atoms with Gasteiger partial charge >= 0.3 is 0 Å². The summed E-state index contributed by atoms with van der Waals surface area (Å²) in [6, 6.07) is 8.85. The van der Waals surface area contributed by atoms with Crippen molar-refractivity contribution in [2.45, 2.75) is 65.2 Å². The smallest absolute Gasteiger partial charge is 0.196 e. The SMILES string of the molecule is CC12CCC3C(=CCc4cc(O)ccc43)C1CCC2=O.CC1=CCc2c(cc3oc(C)cc(=O)c3c2O)OC1. The van der Waals surface area contributed by atoms with Gasteiger partial charge in [-0.25, -0.2) is 0 Å². The van der Waals surface area contributed by atoms with Crippen molar-refractivity contribution in [3.63, 3.8) is 0 Å². The van der Waals surface area contributed by atoms with E-state index in [9.17, 15) is 19.8 Å². The van der Waals surface area contributed by atoms with E-state index in [0.717, 1.165) is 37.7 Å². The van der Waals surface area contributed by atoms with Crippen molar-refractivity contribution in [1.29, 1.82) is 0 Å². The highest BCUT2D eigenvalue weighted by Crippen LogP contribution is 2.58. The third-order valence-electron chi connectivity index (χ3n) is 9.17. The van der Waals surface area contributed by atoms with Crippen LogP contribution in [0.1, 0.15) is 67.9 Å². The van der Waals surface area contributed by atoms with Crippen LogP contribution in [-0.4, -0.2) is 22.6 Å². The molecule has 7 rings (SSSR count). The van der Waals surface area contributed by atoms with Gasteiger partial charge in [-0.1, -0.05) is 30.7 Å². The predicted molar refractivity (Wildman–Crippen MR) is 150 cm³/mol. The molecule has 2 aromatic carbocycles. The summed E-state index contributed by atoms with van der Waals surface area (Å²) >= 11 is 0. The van der Waals surface area contributed by atoms with Crippen molar-refractivity contribution in [3.05, 3.63) is 86.3 Å². The van der Waals surface area contributed by atoms with E-state index in [1.54, 1.807) is 19.1 Å². The van der Waals surface area contributed by atoms with E-state index >= 15 is 0 Å². The molecule has 6 heteroatoms. The second kappa shape index (κ2) is 9.44. The first-order valence-corrected chi connectivity index (χ1v) is 13.8. The van der Waals surface area contributed by atoms with Gasteiger partial charge in [0.15, 0.2) is 5.43 Å². The molecule has 1 aromatic heterocycles. The van der Waals surface area contributed by atoms with Crippen molar-refractivity contribution in [2.75, 3.05) is 6.61 Å². The molecule has 202 valence electrons. The summed E-state index contributed by atoms with van der Waals surface area (Å²) in [5, 5.41) is 20.2. The van der Waals surface area contributed by atoms with Crippen molar-refractivity contribution < 1.29 is 24.2 Å². The van der Waals surface area contributed by atoms with Crippen LogP contribution in [0.2, 0.25) is 0 Å². The molecule has 0 saturated heterocycles. The summed E-state index contributed by atoms with van der Waals surface area (Å²) in [6.45, 7) is 6.33. The van der Waals surface area contributed by atoms with Gasteiger partial charge in [-0.2, -0.15) is 0 Å². The predicted octanol–water partition coefficient (Wildman–Crippen LogP) is 6.43. The fourth-order valence-electron chi connectivity index (χ4n) is 7.03. The number of aromatic hydroxyl groups is 2. The number of phenolic OH excluding ortho intramolecular Hbond substituents is 2. The van der Waals surface area contributed by atoms with E-state index in [1.807, 2.05) is 19.1 Å². The molecular formula is C33H34O6. The highest BCUT2D eigenvalue weighted by molar-refractivity contribution is 5.88. The van der Waals surface area contributed by atoms with Crippen LogP contribution in [0, 0.1) is 18.3 Å². The molecule has 3 aliphatic carbocycles. The second-order valence-electron chi connectivity index (χ2n) is 11.7. The summed E-state index contributed by atoms with van der Waals surface area (Å²) in [4.78, 5) is 24.2. The van der Waals surface area contributed by atoms with E-state index in [0.29, 0.717) is 59.1 Å². The maximum atomic E-state index is 12.2. The zero-order valence-electron chi connectivity index (χ0n) is 22.7. The Kier molecular flexibility index (Phi) is 6.17. The number of carbonyl (C=O) groups excluding carboxylic acids is 1. The van der Waals surface area contributed by atoms with Gasteiger partial charge in [-0.3, -0.25) is 9.59 Å². The normalized spacial score (nSPS) is 25.1. The molecule has 1 aliphatic heterocycles. The molecule has 3 atom stereocenters. The molecule has 6 nitrogen and oxygen atoms in total. The number of allylic oxidation sites excluding steroid dienone is 3. The standard InChI is InChI=1S/C18H20O2.C15H14O4/c1-18-9-8-14-13-5-3-12(19)10-11(13)2-4-15(14)16(18)6-7-17(18)20;1-8-3-4-10-12(18-7-8)6-13-14(15(10)17)11(16)5-9(2)19-13/h3-5,10,14,16,19H,2,6-9H2,1H3;3,5-6,17H,4,7H2,1-2H3. The lowest BCUT2D eigenvalue weighted by Crippen LogP contribution is -2.37. The zero-order valence-corrected chi connectivity index (χ0v) is 22.7. The van der Waals surface area contributed by atoms with E-state index in [1.165, 1.54) is 22.8 Å². The summed E-state index contributed by atoms with van der Waals surface area (Å²) in [6.07, 6.45) is 9.66. The van der Waals surface area contributed by atoms with Gasteiger partial charge in [-0.15, -0.1) is 0 Å². The van der Waals surface area contributed by atoms with E-state index in [-0.39, 0.29) is 22.0 Å². The first-order chi connectivity index (χ1) is 18.7. The zero-order chi connectivity index (χ0) is 27.5. The highest BCUT2D eigenvalue weighted by atomic mass is 16.5. The number of benzene rings is 2. The lowest BCUT2D eigenvalue weighted by molar-refractivity contribution is -0.126. The van der Waals surface area contributed by atoms with E-state index < -0.39 is 0 Å². The Balaban J connectivity index is 0.000000142. The first kappa shape index (κ1) is 25.5. The Morgan fingerprint density at radius 1 is 1.00 bits per heavy atom. The topological polar surface area (TPSA) is 97.0 Å². The number of hydrogen-bond acceptors (Lipinski definition) is 6. The maximum absolute atomic E-state index is 12.2. The van der Waals surface area contributed by atoms with Crippen LogP contribution in [-0.2, 0) is 17.6 Å². The molecule has 0 bridgehead atoms. The Bertz CT molecular complexity index is 1620. The van der Waals surface area contributed by atoms with Crippen LogP contribution in [0.15, 0.2) is 62.8 Å². The number of rotatable bonds is 0. The molecule has 3 aromatic rings. The molecule has 4 aliphatic rings. The molecular weight excluding hydrogens is 492 g/mol. The summed E-state index contributed by atoms with van der Waals surface area (Å²) < 4.78 is 11.1. The van der Waals surface area contributed by atoms with Crippen LogP contribution in [0.3, 0.4) is 0 Å². The van der Waals surface area contributed by atoms with Gasteiger partial charge in [0, 0.05) is 35.4 Å². The minimum absolute atomic E-state index is 0.0350.